The van der Waals surface area contributed by atoms with Crippen LogP contribution < -0.4 is 11.1 Å². The number of nitrogens with one attached hydrogen (secondary N) is 1. The number of nitrogens with two attached hydrogens (primary N) is 1. The normalized spacial score (nSPS) is 10.6. The molecule has 2 aromatic carbocycles. The van der Waals surface area contributed by atoms with E-state index < -0.39 is 5.97 Å². The molecule has 0 aliphatic rings. The van der Waals surface area contributed by atoms with E-state index in [1.54, 1.807) is 37.4 Å². The zero-order valence-electron chi connectivity index (χ0n) is 13.0. The molecule has 3 rings (SSSR count). The van der Waals surface area contributed by atoms with Gasteiger partial charge < -0.3 is 15.8 Å². The Labute approximate surface area is 144 Å². The molecule has 0 spiro atoms. The van der Waals surface area contributed by atoms with Crippen LogP contribution in [0.2, 0.25) is 5.02 Å². The predicted molar refractivity (Wildman–Crippen MR) is 96.8 cm³/mol. The summed E-state index contributed by atoms with van der Waals surface area (Å²) in [5.74, 6) is -0.443. The molecule has 3 aromatic rings. The molecule has 3 N–H and O–H groups in total. The Morgan fingerprint density at radius 2 is 2.00 bits per heavy atom. The molecule has 0 amide bonds. The number of anilines is 3. The van der Waals surface area contributed by atoms with Crippen LogP contribution in [0, 0.1) is 0 Å². The highest BCUT2D eigenvalue weighted by Gasteiger charge is 2.14. The van der Waals surface area contributed by atoms with Crippen LogP contribution in [0.1, 0.15) is 17.3 Å². The van der Waals surface area contributed by atoms with Gasteiger partial charge in [0.05, 0.1) is 34.1 Å². The number of fused-ring (bicyclic) bond motifs is 1. The first kappa shape index (κ1) is 16.1. The van der Waals surface area contributed by atoms with Crippen LogP contribution >= 0.6 is 11.6 Å². The van der Waals surface area contributed by atoms with E-state index in [0.717, 1.165) is 11.1 Å². The van der Waals surface area contributed by atoms with Crippen molar-refractivity contribution in [2.24, 2.45) is 0 Å². The molecule has 24 heavy (non-hydrogen) atoms. The smallest absolute Gasteiger partial charge is 0.340 e. The Kier molecular flexibility index (Phi) is 4.53. The number of hydrogen-bond donors (Lipinski definition) is 2. The second kappa shape index (κ2) is 6.76. The summed E-state index contributed by atoms with van der Waals surface area (Å²) in [5.41, 5.74) is 8.92. The Morgan fingerprint density at radius 1 is 1.21 bits per heavy atom. The van der Waals surface area contributed by atoms with Gasteiger partial charge in [0.25, 0.3) is 0 Å². The lowest BCUT2D eigenvalue weighted by Gasteiger charge is -2.14. The standard InChI is InChI=1S/C18H16ClN3O2/c1-2-24-18(23)12-6-4-8-15(16(12)20)22-14-9-10-21-17-11(14)5-3-7-13(17)19/h3-10H,2,20H2,1H3,(H,21,22). The number of halogens is 1. The van der Waals surface area contributed by atoms with Crippen LogP contribution in [0.5, 0.6) is 0 Å². The summed E-state index contributed by atoms with van der Waals surface area (Å²) in [6, 6.07) is 12.6. The number of ether oxygens (including phenoxy) is 1. The number of aromatic nitrogens is 1. The molecule has 6 heteroatoms. The lowest BCUT2D eigenvalue weighted by atomic mass is 10.1. The highest BCUT2D eigenvalue weighted by atomic mass is 35.5. The summed E-state index contributed by atoms with van der Waals surface area (Å²) in [4.78, 5) is 16.3. The number of nitrogen functional groups attached to an aromatic ring is 1. The van der Waals surface area contributed by atoms with Gasteiger partial charge in [-0.25, -0.2) is 4.79 Å². The van der Waals surface area contributed by atoms with Gasteiger partial charge in [-0.2, -0.15) is 0 Å². The van der Waals surface area contributed by atoms with E-state index in [9.17, 15) is 4.79 Å². The number of esters is 1. The van der Waals surface area contributed by atoms with Crippen molar-refractivity contribution >= 4 is 45.5 Å². The lowest BCUT2D eigenvalue weighted by Crippen LogP contribution is -2.09. The minimum absolute atomic E-state index is 0.295. The van der Waals surface area contributed by atoms with E-state index in [1.807, 2.05) is 18.2 Å². The summed E-state index contributed by atoms with van der Waals surface area (Å²) in [6.45, 7) is 2.05. The molecule has 0 saturated heterocycles. The summed E-state index contributed by atoms with van der Waals surface area (Å²) < 4.78 is 5.03. The molecule has 122 valence electrons. The van der Waals surface area contributed by atoms with Crippen molar-refractivity contribution in [3.8, 4) is 0 Å². The zero-order chi connectivity index (χ0) is 17.1. The van der Waals surface area contributed by atoms with Crippen LogP contribution in [0.15, 0.2) is 48.7 Å². The molecule has 0 bridgehead atoms. The van der Waals surface area contributed by atoms with Gasteiger partial charge in [0.15, 0.2) is 0 Å². The van der Waals surface area contributed by atoms with Gasteiger partial charge in [0.1, 0.15) is 0 Å². The molecule has 0 unspecified atom stereocenters. The third kappa shape index (κ3) is 2.98. The summed E-state index contributed by atoms with van der Waals surface area (Å²) in [7, 11) is 0. The van der Waals surface area contributed by atoms with Crippen LogP contribution in [0.3, 0.4) is 0 Å². The van der Waals surface area contributed by atoms with E-state index in [4.69, 9.17) is 22.1 Å². The van der Waals surface area contributed by atoms with Crippen molar-refractivity contribution in [1.82, 2.24) is 4.98 Å². The van der Waals surface area contributed by atoms with E-state index in [0.29, 0.717) is 34.1 Å². The van der Waals surface area contributed by atoms with Crippen molar-refractivity contribution < 1.29 is 9.53 Å². The number of nitrogens with zero attached hydrogens (tertiary/aromatic N) is 1. The molecule has 1 heterocycles. The average Bonchev–Trinajstić information content (AvgIpc) is 2.58. The Bertz CT molecular complexity index is 912. The fourth-order valence-corrected chi connectivity index (χ4v) is 2.68. The molecule has 0 radical (unpaired) electrons. The van der Waals surface area contributed by atoms with Crippen LogP contribution in [-0.2, 0) is 4.74 Å². The minimum atomic E-state index is -0.443. The maximum Gasteiger partial charge on any atom is 0.340 e. The number of benzene rings is 2. The van der Waals surface area contributed by atoms with Gasteiger partial charge in [0, 0.05) is 17.3 Å². The minimum Gasteiger partial charge on any atom is -0.462 e. The van der Waals surface area contributed by atoms with Gasteiger partial charge >= 0.3 is 5.97 Å². The summed E-state index contributed by atoms with van der Waals surface area (Å²) in [6.07, 6.45) is 1.67. The van der Waals surface area contributed by atoms with Gasteiger partial charge in [0.2, 0.25) is 0 Å². The Morgan fingerprint density at radius 3 is 2.79 bits per heavy atom. The first-order chi connectivity index (χ1) is 11.6. The van der Waals surface area contributed by atoms with E-state index >= 15 is 0 Å². The fourth-order valence-electron chi connectivity index (χ4n) is 2.46. The third-order valence-corrected chi connectivity index (χ3v) is 3.90. The lowest BCUT2D eigenvalue weighted by molar-refractivity contribution is 0.0527. The van der Waals surface area contributed by atoms with E-state index in [-0.39, 0.29) is 0 Å². The molecule has 1 aromatic heterocycles. The number of para-hydroxylation sites is 2. The number of pyridine rings is 1. The highest BCUT2D eigenvalue weighted by molar-refractivity contribution is 6.35. The Hall–Kier alpha value is -2.79. The first-order valence-corrected chi connectivity index (χ1v) is 7.85. The van der Waals surface area contributed by atoms with E-state index in [2.05, 4.69) is 10.3 Å². The van der Waals surface area contributed by atoms with Crippen LogP contribution in [-0.4, -0.2) is 17.6 Å². The number of rotatable bonds is 4. The second-order valence-electron chi connectivity index (χ2n) is 5.11. The molecule has 0 aliphatic carbocycles. The monoisotopic (exact) mass is 341 g/mol. The molecule has 0 fully saturated rings. The van der Waals surface area contributed by atoms with E-state index in [1.165, 1.54) is 0 Å². The third-order valence-electron chi connectivity index (χ3n) is 3.59. The maximum absolute atomic E-state index is 12.0. The zero-order valence-corrected chi connectivity index (χ0v) is 13.8. The quantitative estimate of drug-likeness (QED) is 0.543. The molecule has 0 aliphatic heterocycles. The molecule has 5 nitrogen and oxygen atoms in total. The van der Waals surface area contributed by atoms with Gasteiger partial charge in [-0.1, -0.05) is 29.8 Å². The maximum atomic E-state index is 12.0. The highest BCUT2D eigenvalue weighted by Crippen LogP contribution is 2.32. The molecule has 0 atom stereocenters. The SMILES string of the molecule is CCOC(=O)c1cccc(Nc2ccnc3c(Cl)cccc23)c1N. The average molecular weight is 342 g/mol. The topological polar surface area (TPSA) is 77.2 Å². The van der Waals surface area contributed by atoms with Crippen molar-refractivity contribution in [1.29, 1.82) is 0 Å². The predicted octanol–water partition coefficient (Wildman–Crippen LogP) is 4.39. The van der Waals surface area contributed by atoms with Gasteiger partial charge in [-0.15, -0.1) is 0 Å². The Balaban J connectivity index is 2.02. The van der Waals surface area contributed by atoms with Crippen molar-refractivity contribution in [2.45, 2.75) is 6.92 Å². The molecule has 0 saturated carbocycles. The second-order valence-corrected chi connectivity index (χ2v) is 5.51. The first-order valence-electron chi connectivity index (χ1n) is 7.47. The summed E-state index contributed by atoms with van der Waals surface area (Å²) in [5, 5.41) is 4.69. The number of carbonyl (C=O) groups excluding carboxylic acids is 1. The van der Waals surface area contributed by atoms with Crippen molar-refractivity contribution in [2.75, 3.05) is 17.7 Å². The molecular weight excluding hydrogens is 326 g/mol. The van der Waals surface area contributed by atoms with Crippen LogP contribution in [0.4, 0.5) is 17.1 Å². The largest absolute Gasteiger partial charge is 0.462 e. The van der Waals surface area contributed by atoms with Crippen molar-refractivity contribution in [3.05, 3.63) is 59.2 Å². The van der Waals surface area contributed by atoms with Gasteiger partial charge in [-0.05, 0) is 31.2 Å². The summed E-state index contributed by atoms with van der Waals surface area (Å²) >= 11 is 6.19. The number of hydrogen-bond acceptors (Lipinski definition) is 5. The van der Waals surface area contributed by atoms with Crippen LogP contribution in [0.25, 0.3) is 10.9 Å². The van der Waals surface area contributed by atoms with Crippen molar-refractivity contribution in [3.63, 3.8) is 0 Å². The number of carbonyl (C=O) groups is 1. The molecular formula is C18H16ClN3O2. The van der Waals surface area contributed by atoms with Gasteiger partial charge in [-0.3, -0.25) is 4.98 Å². The fraction of sp³-hybridized carbons (Fsp3) is 0.111.